The molecule has 0 radical (unpaired) electrons. The predicted molar refractivity (Wildman–Crippen MR) is 98.8 cm³/mol. The Kier molecular flexibility index (Phi) is 4.07. The summed E-state index contributed by atoms with van der Waals surface area (Å²) in [5.74, 6) is 1.07. The highest BCUT2D eigenvalue weighted by atomic mass is 19.4. The number of alkyl halides is 3. The molecule has 0 atom stereocenters. The van der Waals surface area contributed by atoms with Gasteiger partial charge < -0.3 is 10.3 Å². The van der Waals surface area contributed by atoms with Crippen molar-refractivity contribution >= 4 is 22.5 Å². The van der Waals surface area contributed by atoms with E-state index in [9.17, 15) is 13.2 Å². The summed E-state index contributed by atoms with van der Waals surface area (Å²) in [6, 6.07) is 14.7. The SMILES string of the molecule is Cc1cccc(-c2nc3c(Nc4cccc(C(F)(F)F)c4)nccc3[nH]2)c1. The lowest BCUT2D eigenvalue weighted by Crippen LogP contribution is -2.05. The molecule has 7 heteroatoms. The van der Waals surface area contributed by atoms with Crippen molar-refractivity contribution in [3.8, 4) is 11.4 Å². The van der Waals surface area contributed by atoms with Crippen molar-refractivity contribution in [2.45, 2.75) is 13.1 Å². The summed E-state index contributed by atoms with van der Waals surface area (Å²) in [5, 5.41) is 2.94. The Hall–Kier alpha value is -3.35. The molecule has 0 aliphatic heterocycles. The molecular weight excluding hydrogens is 353 g/mol. The molecule has 2 aromatic heterocycles. The van der Waals surface area contributed by atoms with Crippen molar-refractivity contribution in [1.82, 2.24) is 15.0 Å². The number of halogens is 3. The first-order valence-corrected chi connectivity index (χ1v) is 8.26. The molecule has 2 N–H and O–H groups in total. The Morgan fingerprint density at radius 1 is 1.00 bits per heavy atom. The van der Waals surface area contributed by atoms with Crippen LogP contribution in [-0.2, 0) is 6.18 Å². The number of aromatic nitrogens is 3. The van der Waals surface area contributed by atoms with Crippen LogP contribution in [0.15, 0.2) is 60.8 Å². The van der Waals surface area contributed by atoms with Crippen molar-refractivity contribution in [3.63, 3.8) is 0 Å². The molecule has 0 fully saturated rings. The number of nitrogens with zero attached hydrogens (tertiary/aromatic N) is 2. The highest BCUT2D eigenvalue weighted by molar-refractivity contribution is 5.90. The molecule has 0 saturated heterocycles. The minimum absolute atomic E-state index is 0.296. The highest BCUT2D eigenvalue weighted by Gasteiger charge is 2.30. The number of imidazole rings is 1. The number of hydrogen-bond acceptors (Lipinski definition) is 3. The van der Waals surface area contributed by atoms with E-state index in [-0.39, 0.29) is 0 Å². The van der Waals surface area contributed by atoms with Gasteiger partial charge in [0.2, 0.25) is 0 Å². The van der Waals surface area contributed by atoms with Crippen LogP contribution in [0.25, 0.3) is 22.4 Å². The number of aryl methyl sites for hydroxylation is 1. The highest BCUT2D eigenvalue weighted by Crippen LogP contribution is 2.32. The maximum absolute atomic E-state index is 12.9. The standard InChI is InChI=1S/C20H15F3N4/c1-12-4-2-5-13(10-12)18-26-16-8-9-24-19(17(16)27-18)25-15-7-3-6-14(11-15)20(21,22)23/h2-11H,1H3,(H,24,25)(H,26,27). The maximum atomic E-state index is 12.9. The van der Waals surface area contributed by atoms with Crippen LogP contribution in [0.3, 0.4) is 0 Å². The third kappa shape index (κ3) is 3.48. The van der Waals surface area contributed by atoms with Gasteiger partial charge in [-0.25, -0.2) is 9.97 Å². The summed E-state index contributed by atoms with van der Waals surface area (Å²) >= 11 is 0. The first-order valence-electron chi connectivity index (χ1n) is 8.26. The lowest BCUT2D eigenvalue weighted by atomic mass is 10.1. The van der Waals surface area contributed by atoms with Crippen LogP contribution in [-0.4, -0.2) is 15.0 Å². The first-order chi connectivity index (χ1) is 12.9. The monoisotopic (exact) mass is 368 g/mol. The van der Waals surface area contributed by atoms with Crippen LogP contribution < -0.4 is 5.32 Å². The Morgan fingerprint density at radius 2 is 1.81 bits per heavy atom. The lowest BCUT2D eigenvalue weighted by Gasteiger charge is -2.10. The van der Waals surface area contributed by atoms with E-state index in [1.54, 1.807) is 18.3 Å². The van der Waals surface area contributed by atoms with Crippen molar-refractivity contribution in [2.24, 2.45) is 0 Å². The Balaban J connectivity index is 1.73. The van der Waals surface area contributed by atoms with E-state index in [1.165, 1.54) is 6.07 Å². The fourth-order valence-electron chi connectivity index (χ4n) is 2.87. The number of pyridine rings is 1. The zero-order valence-electron chi connectivity index (χ0n) is 14.3. The molecule has 136 valence electrons. The van der Waals surface area contributed by atoms with E-state index in [0.717, 1.165) is 28.8 Å². The predicted octanol–water partition coefficient (Wildman–Crippen LogP) is 5.70. The molecule has 4 rings (SSSR count). The van der Waals surface area contributed by atoms with Gasteiger partial charge in [-0.05, 0) is 37.3 Å². The normalized spacial score (nSPS) is 11.7. The average Bonchev–Trinajstić information content (AvgIpc) is 3.07. The summed E-state index contributed by atoms with van der Waals surface area (Å²) in [6.45, 7) is 1.99. The van der Waals surface area contributed by atoms with Gasteiger partial charge in [0.15, 0.2) is 5.82 Å². The largest absolute Gasteiger partial charge is 0.416 e. The first kappa shape index (κ1) is 17.1. The van der Waals surface area contributed by atoms with Crippen LogP contribution in [0.5, 0.6) is 0 Å². The minimum atomic E-state index is -4.40. The van der Waals surface area contributed by atoms with E-state index in [4.69, 9.17) is 0 Å². The van der Waals surface area contributed by atoms with Gasteiger partial charge in [-0.1, -0.05) is 29.8 Å². The van der Waals surface area contributed by atoms with Gasteiger partial charge in [0.1, 0.15) is 11.3 Å². The van der Waals surface area contributed by atoms with Gasteiger partial charge in [-0.3, -0.25) is 0 Å². The maximum Gasteiger partial charge on any atom is 0.416 e. The molecule has 0 aliphatic rings. The van der Waals surface area contributed by atoms with Crippen LogP contribution in [0.2, 0.25) is 0 Å². The molecule has 27 heavy (non-hydrogen) atoms. The van der Waals surface area contributed by atoms with E-state index in [0.29, 0.717) is 22.8 Å². The fraction of sp³-hybridized carbons (Fsp3) is 0.100. The number of nitrogens with one attached hydrogen (secondary N) is 2. The summed E-state index contributed by atoms with van der Waals surface area (Å²) < 4.78 is 38.8. The average molecular weight is 368 g/mol. The zero-order chi connectivity index (χ0) is 19.0. The fourth-order valence-corrected chi connectivity index (χ4v) is 2.87. The molecule has 0 aliphatic carbocycles. The van der Waals surface area contributed by atoms with Crippen LogP contribution in [0, 0.1) is 6.92 Å². The van der Waals surface area contributed by atoms with Gasteiger partial charge in [0.25, 0.3) is 0 Å². The molecule has 0 amide bonds. The van der Waals surface area contributed by atoms with Gasteiger partial charge >= 0.3 is 6.18 Å². The number of benzene rings is 2. The second kappa shape index (κ2) is 6.42. The number of fused-ring (bicyclic) bond motifs is 1. The molecule has 4 nitrogen and oxygen atoms in total. The minimum Gasteiger partial charge on any atom is -0.338 e. The van der Waals surface area contributed by atoms with E-state index in [2.05, 4.69) is 20.3 Å². The van der Waals surface area contributed by atoms with E-state index < -0.39 is 11.7 Å². The van der Waals surface area contributed by atoms with Gasteiger partial charge in [0, 0.05) is 17.4 Å². The molecule has 0 saturated carbocycles. The zero-order valence-corrected chi connectivity index (χ0v) is 14.3. The number of H-pyrrole nitrogens is 1. The molecule has 2 heterocycles. The second-order valence-corrected chi connectivity index (χ2v) is 6.21. The quantitative estimate of drug-likeness (QED) is 0.488. The van der Waals surface area contributed by atoms with Crippen molar-refractivity contribution < 1.29 is 13.2 Å². The Labute approximate surface area is 153 Å². The topological polar surface area (TPSA) is 53.6 Å². The van der Waals surface area contributed by atoms with Crippen molar-refractivity contribution in [2.75, 3.05) is 5.32 Å². The Morgan fingerprint density at radius 3 is 2.59 bits per heavy atom. The molecule has 0 spiro atoms. The lowest BCUT2D eigenvalue weighted by molar-refractivity contribution is -0.137. The third-order valence-electron chi connectivity index (χ3n) is 4.15. The number of hydrogen-bond donors (Lipinski definition) is 2. The second-order valence-electron chi connectivity index (χ2n) is 6.21. The molecule has 0 bridgehead atoms. The van der Waals surface area contributed by atoms with Crippen molar-refractivity contribution in [3.05, 3.63) is 71.9 Å². The van der Waals surface area contributed by atoms with Crippen LogP contribution in [0.4, 0.5) is 24.7 Å². The third-order valence-corrected chi connectivity index (χ3v) is 4.15. The summed E-state index contributed by atoms with van der Waals surface area (Å²) in [7, 11) is 0. The smallest absolute Gasteiger partial charge is 0.338 e. The molecular formula is C20H15F3N4. The van der Waals surface area contributed by atoms with Crippen LogP contribution in [0.1, 0.15) is 11.1 Å². The summed E-state index contributed by atoms with van der Waals surface area (Å²) in [4.78, 5) is 12.1. The summed E-state index contributed by atoms with van der Waals surface area (Å²) in [5.41, 5.74) is 2.92. The van der Waals surface area contributed by atoms with Crippen LogP contribution >= 0.6 is 0 Å². The van der Waals surface area contributed by atoms with E-state index in [1.807, 2.05) is 31.2 Å². The summed E-state index contributed by atoms with van der Waals surface area (Å²) in [6.07, 6.45) is -2.82. The van der Waals surface area contributed by atoms with Crippen molar-refractivity contribution in [1.29, 1.82) is 0 Å². The number of aromatic amines is 1. The number of rotatable bonds is 3. The van der Waals surface area contributed by atoms with Gasteiger partial charge in [-0.15, -0.1) is 0 Å². The van der Waals surface area contributed by atoms with E-state index >= 15 is 0 Å². The molecule has 2 aromatic carbocycles. The van der Waals surface area contributed by atoms with Gasteiger partial charge in [0.05, 0.1) is 11.1 Å². The molecule has 4 aromatic rings. The molecule has 0 unspecified atom stereocenters. The van der Waals surface area contributed by atoms with Gasteiger partial charge in [-0.2, -0.15) is 13.2 Å². The number of anilines is 2. The Bertz CT molecular complexity index is 1120.